The van der Waals surface area contributed by atoms with Crippen molar-refractivity contribution in [1.82, 2.24) is 14.9 Å². The van der Waals surface area contributed by atoms with Gasteiger partial charge in [-0.25, -0.2) is 0 Å². The van der Waals surface area contributed by atoms with Crippen molar-refractivity contribution in [2.45, 2.75) is 13.8 Å². The molecule has 0 aliphatic heterocycles. The Hall–Kier alpha value is -1.75. The monoisotopic (exact) mass is 247 g/mol. The van der Waals surface area contributed by atoms with Crippen LogP contribution < -0.4 is 5.32 Å². The maximum Gasteiger partial charge on any atom is 0.273 e. The Morgan fingerprint density at radius 1 is 1.35 bits per heavy atom. The van der Waals surface area contributed by atoms with Crippen LogP contribution in [0.25, 0.3) is 10.4 Å². The van der Waals surface area contributed by atoms with Crippen LogP contribution in [-0.4, -0.2) is 22.0 Å². The minimum absolute atomic E-state index is 0.170. The third-order valence-electron chi connectivity index (χ3n) is 2.35. The van der Waals surface area contributed by atoms with Crippen molar-refractivity contribution in [3.05, 3.63) is 35.5 Å². The van der Waals surface area contributed by atoms with E-state index in [0.717, 1.165) is 10.4 Å². The molecule has 0 bridgehead atoms. The van der Waals surface area contributed by atoms with E-state index in [2.05, 4.69) is 14.9 Å². The van der Waals surface area contributed by atoms with Gasteiger partial charge in [0.05, 0.1) is 4.88 Å². The number of hydrogen-bond donors (Lipinski definition) is 1. The molecular formula is C12H13N3OS. The molecule has 2 rings (SSSR count). The highest BCUT2D eigenvalue weighted by Gasteiger charge is 2.16. The number of benzene rings is 1. The normalized spacial score (nSPS) is 10.2. The van der Waals surface area contributed by atoms with Gasteiger partial charge in [0.25, 0.3) is 5.91 Å². The molecule has 0 unspecified atom stereocenters. The molecular weight excluding hydrogens is 234 g/mol. The maximum atomic E-state index is 11.8. The summed E-state index contributed by atoms with van der Waals surface area (Å²) in [5.41, 5.74) is 2.57. The first-order valence-electron chi connectivity index (χ1n) is 5.40. The predicted octanol–water partition coefficient (Wildman–Crippen LogP) is 2.26. The number of hydrogen-bond acceptors (Lipinski definition) is 4. The maximum absolute atomic E-state index is 11.8. The summed E-state index contributed by atoms with van der Waals surface area (Å²) in [4.78, 5) is 12.6. The van der Waals surface area contributed by atoms with Crippen molar-refractivity contribution in [2.75, 3.05) is 6.54 Å². The second-order valence-corrected chi connectivity index (χ2v) is 4.43. The number of nitrogens with zero attached hydrogens (tertiary/aromatic N) is 2. The standard InChI is InChI=1S/C12H13N3OS/c1-3-13-12(16)10-11(17-15-14-10)9-6-4-8(2)5-7-9/h4-7H,3H2,1-2H3,(H,13,16). The lowest BCUT2D eigenvalue weighted by molar-refractivity contribution is 0.0951. The Balaban J connectivity index is 2.36. The average molecular weight is 247 g/mol. The predicted molar refractivity (Wildman–Crippen MR) is 68.1 cm³/mol. The van der Waals surface area contributed by atoms with E-state index < -0.39 is 0 Å². The zero-order valence-electron chi connectivity index (χ0n) is 9.73. The lowest BCUT2D eigenvalue weighted by atomic mass is 10.1. The molecule has 4 nitrogen and oxygen atoms in total. The van der Waals surface area contributed by atoms with Gasteiger partial charge in [0.2, 0.25) is 0 Å². The number of aromatic nitrogens is 2. The van der Waals surface area contributed by atoms with Crippen LogP contribution in [0.15, 0.2) is 24.3 Å². The molecule has 1 aromatic heterocycles. The highest BCUT2D eigenvalue weighted by Crippen LogP contribution is 2.26. The molecule has 0 saturated heterocycles. The summed E-state index contributed by atoms with van der Waals surface area (Å²) < 4.78 is 3.86. The van der Waals surface area contributed by atoms with Crippen LogP contribution in [0.2, 0.25) is 0 Å². The number of nitrogens with one attached hydrogen (secondary N) is 1. The zero-order valence-corrected chi connectivity index (χ0v) is 10.5. The van der Waals surface area contributed by atoms with Crippen molar-refractivity contribution in [1.29, 1.82) is 0 Å². The highest BCUT2D eigenvalue weighted by atomic mass is 32.1. The Morgan fingerprint density at radius 3 is 2.71 bits per heavy atom. The molecule has 0 atom stereocenters. The third kappa shape index (κ3) is 2.50. The van der Waals surface area contributed by atoms with Gasteiger partial charge in [0, 0.05) is 6.54 Å². The summed E-state index contributed by atoms with van der Waals surface area (Å²) in [6, 6.07) is 7.98. The number of aryl methyl sites for hydroxylation is 1. The van der Waals surface area contributed by atoms with Gasteiger partial charge in [0.1, 0.15) is 0 Å². The SMILES string of the molecule is CCNC(=O)c1nnsc1-c1ccc(C)cc1. The van der Waals surface area contributed by atoms with E-state index in [1.807, 2.05) is 38.1 Å². The summed E-state index contributed by atoms with van der Waals surface area (Å²) in [7, 11) is 0. The van der Waals surface area contributed by atoms with Crippen LogP contribution >= 0.6 is 11.5 Å². The Labute approximate surface area is 104 Å². The van der Waals surface area contributed by atoms with E-state index >= 15 is 0 Å². The molecule has 0 radical (unpaired) electrons. The first kappa shape index (κ1) is 11.7. The smallest absolute Gasteiger partial charge is 0.273 e. The summed E-state index contributed by atoms with van der Waals surface area (Å²) in [6.45, 7) is 4.49. The van der Waals surface area contributed by atoms with Gasteiger partial charge in [-0.3, -0.25) is 4.79 Å². The van der Waals surface area contributed by atoms with E-state index in [4.69, 9.17) is 0 Å². The first-order chi connectivity index (χ1) is 8.22. The number of amides is 1. The minimum Gasteiger partial charge on any atom is -0.351 e. The zero-order chi connectivity index (χ0) is 12.3. The van der Waals surface area contributed by atoms with E-state index in [1.54, 1.807) is 0 Å². The largest absolute Gasteiger partial charge is 0.351 e. The number of carbonyl (C=O) groups is 1. The summed E-state index contributed by atoms with van der Waals surface area (Å²) >= 11 is 1.24. The molecule has 1 amide bonds. The van der Waals surface area contributed by atoms with E-state index in [0.29, 0.717) is 12.2 Å². The van der Waals surface area contributed by atoms with Gasteiger partial charge < -0.3 is 5.32 Å². The van der Waals surface area contributed by atoms with Crippen LogP contribution in [0.3, 0.4) is 0 Å². The van der Waals surface area contributed by atoms with Gasteiger partial charge in [-0.05, 0) is 30.9 Å². The van der Waals surface area contributed by atoms with Crippen molar-refractivity contribution in [3.8, 4) is 10.4 Å². The van der Waals surface area contributed by atoms with Crippen molar-refractivity contribution in [3.63, 3.8) is 0 Å². The number of rotatable bonds is 3. The van der Waals surface area contributed by atoms with Gasteiger partial charge >= 0.3 is 0 Å². The quantitative estimate of drug-likeness (QED) is 0.905. The molecule has 1 N–H and O–H groups in total. The van der Waals surface area contributed by atoms with Gasteiger partial charge in [0.15, 0.2) is 5.69 Å². The molecule has 0 aliphatic carbocycles. The molecule has 1 aromatic carbocycles. The molecule has 17 heavy (non-hydrogen) atoms. The van der Waals surface area contributed by atoms with Crippen molar-refractivity contribution >= 4 is 17.4 Å². The van der Waals surface area contributed by atoms with Gasteiger partial charge in [-0.1, -0.05) is 34.3 Å². The molecule has 0 spiro atoms. The summed E-state index contributed by atoms with van der Waals surface area (Å²) in [6.07, 6.45) is 0. The molecule has 1 heterocycles. The van der Waals surface area contributed by atoms with E-state index in [-0.39, 0.29) is 5.91 Å². The van der Waals surface area contributed by atoms with Crippen LogP contribution in [-0.2, 0) is 0 Å². The fourth-order valence-corrected chi connectivity index (χ4v) is 2.14. The molecule has 88 valence electrons. The number of carbonyl (C=O) groups excluding carboxylic acids is 1. The lowest BCUT2D eigenvalue weighted by Gasteiger charge is -2.02. The Morgan fingerprint density at radius 2 is 2.06 bits per heavy atom. The van der Waals surface area contributed by atoms with E-state index in [1.165, 1.54) is 17.1 Å². The minimum atomic E-state index is -0.170. The second-order valence-electron chi connectivity index (χ2n) is 3.68. The van der Waals surface area contributed by atoms with Gasteiger partial charge in [-0.2, -0.15) is 0 Å². The highest BCUT2D eigenvalue weighted by molar-refractivity contribution is 7.09. The van der Waals surface area contributed by atoms with Crippen LogP contribution in [0.1, 0.15) is 23.0 Å². The molecule has 0 aliphatic rings. The topological polar surface area (TPSA) is 54.9 Å². The lowest BCUT2D eigenvalue weighted by Crippen LogP contribution is -2.23. The van der Waals surface area contributed by atoms with Crippen LogP contribution in [0, 0.1) is 6.92 Å². The third-order valence-corrected chi connectivity index (χ3v) is 3.13. The molecule has 5 heteroatoms. The molecule has 0 fully saturated rings. The average Bonchev–Trinajstić information content (AvgIpc) is 2.79. The van der Waals surface area contributed by atoms with Crippen LogP contribution in [0.4, 0.5) is 0 Å². The first-order valence-corrected chi connectivity index (χ1v) is 6.17. The fourth-order valence-electron chi connectivity index (χ4n) is 1.48. The van der Waals surface area contributed by atoms with Crippen molar-refractivity contribution < 1.29 is 4.79 Å². The summed E-state index contributed by atoms with van der Waals surface area (Å²) in [5, 5.41) is 6.62. The van der Waals surface area contributed by atoms with Gasteiger partial charge in [-0.15, -0.1) is 5.10 Å². The fraction of sp³-hybridized carbons (Fsp3) is 0.250. The Kier molecular flexibility index (Phi) is 3.49. The van der Waals surface area contributed by atoms with Crippen molar-refractivity contribution in [2.24, 2.45) is 0 Å². The van der Waals surface area contributed by atoms with E-state index in [9.17, 15) is 4.79 Å². The Bertz CT molecular complexity index is 519. The second kappa shape index (κ2) is 5.05. The molecule has 2 aromatic rings. The molecule has 0 saturated carbocycles. The summed E-state index contributed by atoms with van der Waals surface area (Å²) in [5.74, 6) is -0.170. The van der Waals surface area contributed by atoms with Crippen LogP contribution in [0.5, 0.6) is 0 Å².